The minimum Gasteiger partial charge on any atom is -0.496 e. The topological polar surface area (TPSA) is 60.7 Å². The van der Waals surface area contributed by atoms with Crippen LogP contribution < -0.4 is 14.8 Å². The molecule has 0 saturated carbocycles. The highest BCUT2D eigenvalue weighted by molar-refractivity contribution is 6.31. The molecule has 1 N–H and O–H groups in total. The zero-order chi connectivity index (χ0) is 25.1. The lowest BCUT2D eigenvalue weighted by Crippen LogP contribution is -2.10. The van der Waals surface area contributed by atoms with Gasteiger partial charge < -0.3 is 19.2 Å². The highest BCUT2D eigenvalue weighted by atomic mass is 35.5. The highest BCUT2D eigenvalue weighted by Crippen LogP contribution is 2.41. The molecule has 1 amide bonds. The summed E-state index contributed by atoms with van der Waals surface area (Å²) in [4.78, 5) is 12.8. The lowest BCUT2D eigenvalue weighted by atomic mass is 9.96. The largest absolute Gasteiger partial charge is 0.496 e. The van der Waals surface area contributed by atoms with Crippen molar-refractivity contribution < 1.29 is 18.7 Å². The summed E-state index contributed by atoms with van der Waals surface area (Å²) in [6.45, 7) is 8.30. The monoisotopic (exact) mass is 489 g/mol. The number of hydrogen-bond donors (Lipinski definition) is 1. The number of hydrogen-bond acceptors (Lipinski definition) is 4. The number of methoxy groups -OCH3 is 1. The molecule has 4 rings (SSSR count). The van der Waals surface area contributed by atoms with E-state index in [0.29, 0.717) is 23.1 Å². The van der Waals surface area contributed by atoms with E-state index in [1.807, 2.05) is 70.2 Å². The molecule has 1 heterocycles. The smallest absolute Gasteiger partial charge is 0.248 e. The maximum Gasteiger partial charge on any atom is 0.248 e. The van der Waals surface area contributed by atoms with Crippen LogP contribution in [0.3, 0.4) is 0 Å². The zero-order valence-corrected chi connectivity index (χ0v) is 21.2. The van der Waals surface area contributed by atoms with Gasteiger partial charge in [0.2, 0.25) is 5.91 Å². The molecule has 0 unspecified atom stereocenters. The van der Waals surface area contributed by atoms with Crippen LogP contribution in [0.4, 0.5) is 5.69 Å². The van der Waals surface area contributed by atoms with Gasteiger partial charge in [-0.1, -0.05) is 29.8 Å². The van der Waals surface area contributed by atoms with Gasteiger partial charge in [0.1, 0.15) is 17.1 Å². The number of fused-ring (bicyclic) bond motifs is 1. The summed E-state index contributed by atoms with van der Waals surface area (Å²) in [5, 5.41) is 4.47. The highest BCUT2D eigenvalue weighted by Gasteiger charge is 2.19. The van der Waals surface area contributed by atoms with Gasteiger partial charge in [-0.2, -0.15) is 0 Å². The van der Waals surface area contributed by atoms with Crippen molar-refractivity contribution >= 4 is 39.7 Å². The lowest BCUT2D eigenvalue weighted by Gasteiger charge is -2.14. The number of allylic oxidation sites excluding steroid dienone is 1. The Balaban J connectivity index is 1.74. The average molecular weight is 490 g/mol. The SMILES string of the molecule is CCOc1ccc(-c2coc3c(C)c(OC)c(/C(C)=C/C(=O)Nc4cccc(Cl)c4C)cc23)cc1. The molecule has 6 heteroatoms. The van der Waals surface area contributed by atoms with Gasteiger partial charge in [-0.3, -0.25) is 4.79 Å². The Kier molecular flexibility index (Phi) is 7.17. The van der Waals surface area contributed by atoms with Crippen LogP contribution in [0, 0.1) is 13.8 Å². The van der Waals surface area contributed by atoms with Gasteiger partial charge in [0.25, 0.3) is 0 Å². The van der Waals surface area contributed by atoms with E-state index >= 15 is 0 Å². The second-order valence-corrected chi connectivity index (χ2v) is 8.70. The third-order valence-electron chi connectivity index (χ3n) is 6.02. The minimum atomic E-state index is -0.244. The van der Waals surface area contributed by atoms with E-state index in [2.05, 4.69) is 5.32 Å². The van der Waals surface area contributed by atoms with Crippen LogP contribution in [0.5, 0.6) is 11.5 Å². The van der Waals surface area contributed by atoms with E-state index in [9.17, 15) is 4.79 Å². The van der Waals surface area contributed by atoms with Gasteiger partial charge in [0, 0.05) is 38.9 Å². The number of rotatable bonds is 7. The molecule has 4 aromatic rings. The van der Waals surface area contributed by atoms with Crippen molar-refractivity contribution in [1.29, 1.82) is 0 Å². The Labute approximate surface area is 210 Å². The van der Waals surface area contributed by atoms with Crippen molar-refractivity contribution in [1.82, 2.24) is 0 Å². The number of amides is 1. The standard InChI is InChI=1S/C29H28ClNO4/c1-6-34-21-12-10-20(11-13-21)24-16-35-29-19(4)28(33-5)22(15-23(24)29)17(2)14-27(32)31-26-9-7-8-25(30)18(26)3/h7-16H,6H2,1-5H3,(H,31,32)/b17-14+. The summed E-state index contributed by atoms with van der Waals surface area (Å²) in [6.07, 6.45) is 3.32. The minimum absolute atomic E-state index is 0.244. The molecular formula is C29H28ClNO4. The summed E-state index contributed by atoms with van der Waals surface area (Å²) in [5.74, 6) is 1.25. The molecule has 0 aliphatic heterocycles. The first-order valence-corrected chi connectivity index (χ1v) is 11.8. The number of carbonyl (C=O) groups is 1. The Bertz CT molecular complexity index is 1420. The van der Waals surface area contributed by atoms with Crippen molar-refractivity contribution in [2.24, 2.45) is 0 Å². The number of anilines is 1. The quantitative estimate of drug-likeness (QED) is 0.269. The van der Waals surface area contributed by atoms with E-state index in [0.717, 1.165) is 50.1 Å². The summed E-state index contributed by atoms with van der Waals surface area (Å²) in [7, 11) is 1.62. The second-order valence-electron chi connectivity index (χ2n) is 8.29. The normalized spacial score (nSPS) is 11.5. The van der Waals surface area contributed by atoms with Crippen LogP contribution in [0.25, 0.3) is 27.7 Å². The molecule has 0 fully saturated rings. The van der Waals surface area contributed by atoms with Crippen LogP contribution in [-0.2, 0) is 4.79 Å². The zero-order valence-electron chi connectivity index (χ0n) is 20.5. The molecule has 0 saturated heterocycles. The third kappa shape index (κ3) is 4.91. The Morgan fingerprint density at radius 3 is 2.54 bits per heavy atom. The number of carbonyl (C=O) groups excluding carboxylic acids is 1. The first-order valence-electron chi connectivity index (χ1n) is 11.4. The molecule has 0 atom stereocenters. The van der Waals surface area contributed by atoms with Gasteiger partial charge in [-0.25, -0.2) is 0 Å². The van der Waals surface area contributed by atoms with Gasteiger partial charge in [0.05, 0.1) is 20.0 Å². The Hall–Kier alpha value is -3.70. The van der Waals surface area contributed by atoms with E-state index in [1.54, 1.807) is 25.5 Å². The first-order chi connectivity index (χ1) is 16.8. The third-order valence-corrected chi connectivity index (χ3v) is 6.43. The van der Waals surface area contributed by atoms with Crippen molar-refractivity contribution in [2.45, 2.75) is 27.7 Å². The molecule has 0 spiro atoms. The lowest BCUT2D eigenvalue weighted by molar-refractivity contribution is -0.111. The molecule has 35 heavy (non-hydrogen) atoms. The molecule has 0 bridgehead atoms. The summed E-state index contributed by atoms with van der Waals surface area (Å²) >= 11 is 6.19. The average Bonchev–Trinajstić information content (AvgIpc) is 3.27. The molecule has 3 aromatic carbocycles. The predicted molar refractivity (Wildman–Crippen MR) is 143 cm³/mol. The van der Waals surface area contributed by atoms with Gasteiger partial charge >= 0.3 is 0 Å². The number of aryl methyl sites for hydroxylation is 1. The van der Waals surface area contributed by atoms with Gasteiger partial charge in [-0.05, 0) is 74.7 Å². The molecule has 0 radical (unpaired) electrons. The van der Waals surface area contributed by atoms with Crippen molar-refractivity contribution in [3.63, 3.8) is 0 Å². The van der Waals surface area contributed by atoms with Crippen molar-refractivity contribution in [3.05, 3.63) is 82.6 Å². The van der Waals surface area contributed by atoms with Gasteiger partial charge in [0.15, 0.2) is 0 Å². The summed E-state index contributed by atoms with van der Waals surface area (Å²) in [6, 6.07) is 15.4. The number of furan rings is 1. The van der Waals surface area contributed by atoms with Crippen LogP contribution >= 0.6 is 11.6 Å². The molecule has 180 valence electrons. The van der Waals surface area contributed by atoms with Crippen LogP contribution in [0.1, 0.15) is 30.5 Å². The van der Waals surface area contributed by atoms with Crippen LogP contribution in [-0.4, -0.2) is 19.6 Å². The summed E-state index contributed by atoms with van der Waals surface area (Å²) in [5.41, 5.74) is 6.68. The number of ether oxygens (including phenoxy) is 2. The number of benzene rings is 3. The fourth-order valence-electron chi connectivity index (χ4n) is 4.18. The van der Waals surface area contributed by atoms with Crippen LogP contribution in [0.15, 0.2) is 65.3 Å². The van der Waals surface area contributed by atoms with E-state index in [1.165, 1.54) is 0 Å². The molecule has 1 aromatic heterocycles. The fraction of sp³-hybridized carbons (Fsp3) is 0.207. The van der Waals surface area contributed by atoms with Gasteiger partial charge in [-0.15, -0.1) is 0 Å². The number of halogens is 1. The molecule has 0 aliphatic carbocycles. The Morgan fingerprint density at radius 1 is 1.11 bits per heavy atom. The van der Waals surface area contributed by atoms with Crippen molar-refractivity contribution in [2.75, 3.05) is 19.0 Å². The predicted octanol–water partition coefficient (Wildman–Crippen LogP) is 7.82. The molecular weight excluding hydrogens is 462 g/mol. The fourth-order valence-corrected chi connectivity index (χ4v) is 4.35. The second kappa shape index (κ2) is 10.3. The number of nitrogens with one attached hydrogen (secondary N) is 1. The van der Waals surface area contributed by atoms with E-state index in [4.69, 9.17) is 25.5 Å². The molecule has 0 aliphatic rings. The summed E-state index contributed by atoms with van der Waals surface area (Å²) < 4.78 is 17.2. The van der Waals surface area contributed by atoms with E-state index < -0.39 is 0 Å². The molecule has 5 nitrogen and oxygen atoms in total. The first kappa shape index (κ1) is 24.4. The maximum atomic E-state index is 12.8. The van der Waals surface area contributed by atoms with E-state index in [-0.39, 0.29) is 5.91 Å². The Morgan fingerprint density at radius 2 is 1.86 bits per heavy atom. The van der Waals surface area contributed by atoms with Crippen LogP contribution in [0.2, 0.25) is 5.02 Å². The maximum absolute atomic E-state index is 12.8. The van der Waals surface area contributed by atoms with Crippen molar-refractivity contribution in [3.8, 4) is 22.6 Å².